The summed E-state index contributed by atoms with van der Waals surface area (Å²) < 4.78 is 0. The normalized spacial score (nSPS) is 28.6. The van der Waals surface area contributed by atoms with E-state index in [1.807, 2.05) is 0 Å². The second-order valence-corrected chi connectivity index (χ2v) is 10.9. The van der Waals surface area contributed by atoms with Crippen LogP contribution in [0.1, 0.15) is 18.1 Å². The number of nitrogens with zero attached hydrogens (tertiary/aromatic N) is 2. The van der Waals surface area contributed by atoms with Gasteiger partial charge in [-0.1, -0.05) is 12.2 Å². The number of primary amides is 1. The molecule has 5 atom stereocenters. The van der Waals surface area contributed by atoms with Gasteiger partial charge in [-0.3, -0.25) is 19.3 Å². The maximum atomic E-state index is 13.9. The number of anilines is 2. The number of nitrogens with two attached hydrogens (primary N) is 1. The number of phenolic OH excluding ortho intramolecular Hbond substituents is 1. The van der Waals surface area contributed by atoms with Crippen LogP contribution in [0.3, 0.4) is 0 Å². The third-order valence-corrected chi connectivity index (χ3v) is 7.67. The molecule has 38 heavy (non-hydrogen) atoms. The summed E-state index contributed by atoms with van der Waals surface area (Å²) in [7, 11) is 6.37. The van der Waals surface area contributed by atoms with Crippen LogP contribution in [0.4, 0.5) is 11.4 Å². The van der Waals surface area contributed by atoms with Crippen molar-refractivity contribution in [3.05, 3.63) is 34.1 Å². The van der Waals surface area contributed by atoms with Gasteiger partial charge >= 0.3 is 0 Å². The highest BCUT2D eigenvalue weighted by Gasteiger charge is 2.67. The van der Waals surface area contributed by atoms with Crippen molar-refractivity contribution in [1.29, 1.82) is 0 Å². The first-order chi connectivity index (χ1) is 17.6. The number of aliphatic hydroxyl groups is 4. The van der Waals surface area contributed by atoms with Gasteiger partial charge in [0.15, 0.2) is 11.4 Å². The van der Waals surface area contributed by atoms with Gasteiger partial charge in [0, 0.05) is 31.3 Å². The summed E-state index contributed by atoms with van der Waals surface area (Å²) in [6, 6.07) is 0.206. The molecule has 3 aliphatic carbocycles. The van der Waals surface area contributed by atoms with Crippen molar-refractivity contribution < 1.29 is 39.9 Å². The van der Waals surface area contributed by atoms with Gasteiger partial charge in [0.05, 0.1) is 34.3 Å². The van der Waals surface area contributed by atoms with Crippen LogP contribution in [0, 0.1) is 11.8 Å². The van der Waals surface area contributed by atoms with E-state index in [1.165, 1.54) is 19.0 Å². The Hall–Kier alpha value is -3.52. The summed E-state index contributed by atoms with van der Waals surface area (Å²) in [6.07, 6.45) is -1.71. The van der Waals surface area contributed by atoms with Gasteiger partial charge < -0.3 is 41.5 Å². The number of aliphatic hydroxyl groups excluding tert-OH is 3. The molecule has 1 saturated carbocycles. The zero-order chi connectivity index (χ0) is 28.6. The Morgan fingerprint density at radius 2 is 1.79 bits per heavy atom. The Kier molecular flexibility index (Phi) is 6.55. The molecule has 2 unspecified atom stereocenters. The van der Waals surface area contributed by atoms with Crippen molar-refractivity contribution in [3.63, 3.8) is 0 Å². The summed E-state index contributed by atoms with van der Waals surface area (Å²) in [5, 5.41) is 59.5. The zero-order valence-corrected chi connectivity index (χ0v) is 22.3. The number of phenols is 1. The van der Waals surface area contributed by atoms with Crippen LogP contribution in [-0.2, 0) is 20.8 Å². The number of thiocarbonyl (C=S) groups is 1. The summed E-state index contributed by atoms with van der Waals surface area (Å²) in [4.78, 5) is 42.6. The van der Waals surface area contributed by atoms with Gasteiger partial charge in [0.2, 0.25) is 5.78 Å². The van der Waals surface area contributed by atoms with Crippen molar-refractivity contribution in [2.24, 2.45) is 17.6 Å². The standard InChI is InChI=1S/C25H30N4O8S/c1-8(38)27-11-7-12(28(2)3)9-6-10-14(20(32)13(9)19(11)31)22(34)25(37)16(18(10)30)17(29(4)5)21(33)15(23(25)35)24(26)36/h7,10,16-18,30-32,35,37H,6H2,1-5H3,(H2,26,36)(H,27,38)/t10?,16?,17-,18-,25-/m0/s1. The van der Waals surface area contributed by atoms with Crippen LogP contribution in [0.25, 0.3) is 5.76 Å². The number of carbonyl (C=O) groups excluding carboxylic acids is 3. The number of ketones is 2. The van der Waals surface area contributed by atoms with Crippen LogP contribution in [0.2, 0.25) is 0 Å². The second kappa shape index (κ2) is 9.05. The Labute approximate surface area is 223 Å². The van der Waals surface area contributed by atoms with Crippen LogP contribution in [0.15, 0.2) is 23.0 Å². The molecule has 1 fully saturated rings. The molecular weight excluding hydrogens is 516 g/mol. The summed E-state index contributed by atoms with van der Waals surface area (Å²) in [5.41, 5.74) is 1.94. The van der Waals surface area contributed by atoms with E-state index in [2.05, 4.69) is 5.32 Å². The first kappa shape index (κ1) is 27.5. The monoisotopic (exact) mass is 546 g/mol. The molecule has 0 saturated heterocycles. The fourth-order valence-corrected chi connectivity index (χ4v) is 6.10. The van der Waals surface area contributed by atoms with Gasteiger partial charge in [-0.2, -0.15) is 0 Å². The van der Waals surface area contributed by atoms with E-state index in [4.69, 9.17) is 18.0 Å². The van der Waals surface area contributed by atoms with Crippen molar-refractivity contribution >= 4 is 51.8 Å². The number of likely N-dealkylation sites (N-methyl/N-ethyl adjacent to an activating group) is 1. The smallest absolute Gasteiger partial charge is 0.255 e. The third kappa shape index (κ3) is 3.61. The Morgan fingerprint density at radius 3 is 2.29 bits per heavy atom. The molecule has 0 aliphatic heterocycles. The number of nitrogens with one attached hydrogen (secondary N) is 1. The number of fused-ring (bicyclic) bond motifs is 3. The average Bonchev–Trinajstić information content (AvgIpc) is 2.79. The maximum Gasteiger partial charge on any atom is 0.255 e. The van der Waals surface area contributed by atoms with Crippen LogP contribution in [0.5, 0.6) is 5.75 Å². The van der Waals surface area contributed by atoms with Crippen LogP contribution < -0.4 is 16.0 Å². The summed E-state index contributed by atoms with van der Waals surface area (Å²) in [6.45, 7) is 1.59. The number of hydrogen-bond donors (Lipinski definition) is 7. The largest absolute Gasteiger partial charge is 0.508 e. The third-order valence-electron chi connectivity index (χ3n) is 7.57. The molecular formula is C25H30N4O8S. The highest BCUT2D eigenvalue weighted by atomic mass is 32.1. The Balaban J connectivity index is 2.05. The number of Topliss-reactive ketones (excluding diaryl/α,β-unsaturated/α-hetero) is 2. The number of rotatable bonds is 4. The van der Waals surface area contributed by atoms with E-state index in [0.29, 0.717) is 16.2 Å². The first-order valence-electron chi connectivity index (χ1n) is 11.7. The van der Waals surface area contributed by atoms with E-state index in [-0.39, 0.29) is 17.7 Å². The number of aromatic hydroxyl groups is 1. The molecule has 13 heteroatoms. The average molecular weight is 547 g/mol. The van der Waals surface area contributed by atoms with Gasteiger partial charge in [0.1, 0.15) is 22.8 Å². The van der Waals surface area contributed by atoms with Crippen molar-refractivity contribution in [3.8, 4) is 5.75 Å². The predicted octanol–water partition coefficient (Wildman–Crippen LogP) is -0.240. The Bertz CT molecular complexity index is 1370. The molecule has 0 spiro atoms. The topological polar surface area (TPSA) is 197 Å². The lowest BCUT2D eigenvalue weighted by Gasteiger charge is -2.52. The van der Waals surface area contributed by atoms with E-state index >= 15 is 0 Å². The van der Waals surface area contributed by atoms with Crippen molar-refractivity contribution in [2.45, 2.75) is 31.1 Å². The lowest BCUT2D eigenvalue weighted by Crippen LogP contribution is -2.70. The molecule has 0 heterocycles. The second-order valence-electron chi connectivity index (χ2n) is 10.3. The van der Waals surface area contributed by atoms with Gasteiger partial charge in [-0.05, 0) is 39.1 Å². The minimum absolute atomic E-state index is 0.0619. The molecule has 8 N–H and O–H groups in total. The number of carbonyl (C=O) groups is 3. The highest BCUT2D eigenvalue weighted by molar-refractivity contribution is 7.80. The van der Waals surface area contributed by atoms with Gasteiger partial charge in [-0.15, -0.1) is 0 Å². The number of benzene rings is 1. The Morgan fingerprint density at radius 1 is 1.18 bits per heavy atom. The van der Waals surface area contributed by atoms with Crippen LogP contribution >= 0.6 is 12.2 Å². The SMILES string of the molecule is CC(=S)Nc1cc(N(C)C)c2c(c1O)C(O)=C1C(=O)[C@]3(O)C(O)=C(C(N)=O)C(=O)[C@@H](N(C)C)C3[C@@H](O)C1C2. The minimum atomic E-state index is -2.95. The number of hydrogen-bond acceptors (Lipinski definition) is 11. The van der Waals surface area contributed by atoms with E-state index in [9.17, 15) is 39.9 Å². The zero-order valence-electron chi connectivity index (χ0n) is 21.4. The summed E-state index contributed by atoms with van der Waals surface area (Å²) in [5.74, 6) is -8.67. The van der Waals surface area contributed by atoms with Gasteiger partial charge in [0.25, 0.3) is 5.91 Å². The highest BCUT2D eigenvalue weighted by Crippen LogP contribution is 2.54. The fourth-order valence-electron chi connectivity index (χ4n) is 5.99. The molecule has 0 aromatic heterocycles. The molecule has 0 radical (unpaired) electrons. The summed E-state index contributed by atoms with van der Waals surface area (Å²) >= 11 is 5.09. The van der Waals surface area contributed by atoms with E-state index < -0.39 is 75.5 Å². The quantitative estimate of drug-likeness (QED) is 0.149. The maximum absolute atomic E-state index is 13.9. The van der Waals surface area contributed by atoms with Gasteiger partial charge in [-0.25, -0.2) is 0 Å². The molecule has 1 aromatic rings. The van der Waals surface area contributed by atoms with Crippen molar-refractivity contribution in [2.75, 3.05) is 38.4 Å². The van der Waals surface area contributed by atoms with E-state index in [1.54, 1.807) is 32.0 Å². The molecule has 3 aliphatic rings. The van der Waals surface area contributed by atoms with Crippen molar-refractivity contribution in [1.82, 2.24) is 4.90 Å². The molecule has 1 amide bonds. The molecule has 1 aromatic carbocycles. The molecule has 204 valence electrons. The van der Waals surface area contributed by atoms with E-state index in [0.717, 1.165) is 0 Å². The predicted molar refractivity (Wildman–Crippen MR) is 142 cm³/mol. The lowest BCUT2D eigenvalue weighted by molar-refractivity contribution is -0.168. The molecule has 4 rings (SSSR count). The fraction of sp³-hybridized carbons (Fsp3) is 0.440. The minimum Gasteiger partial charge on any atom is -0.508 e. The molecule has 0 bridgehead atoms. The molecule has 12 nitrogen and oxygen atoms in total. The first-order valence-corrected chi connectivity index (χ1v) is 12.1. The number of amides is 1. The lowest BCUT2D eigenvalue weighted by atomic mass is 9.56. The van der Waals surface area contributed by atoms with Crippen LogP contribution in [-0.4, -0.2) is 98.8 Å².